The molecule has 0 saturated heterocycles. The fourth-order valence-electron chi connectivity index (χ4n) is 3.34. The highest BCUT2D eigenvalue weighted by Gasteiger charge is 2.39. The van der Waals surface area contributed by atoms with E-state index in [0.29, 0.717) is 12.6 Å². The van der Waals surface area contributed by atoms with Crippen LogP contribution in [-0.2, 0) is 11.3 Å². The molecule has 0 spiro atoms. The molecule has 0 radical (unpaired) electrons. The van der Waals surface area contributed by atoms with Gasteiger partial charge in [-0.3, -0.25) is 0 Å². The zero-order valence-corrected chi connectivity index (χ0v) is 13.1. The number of ether oxygens (including phenoxy) is 2. The lowest BCUT2D eigenvalue weighted by atomic mass is 9.72. The quantitative estimate of drug-likeness (QED) is 0.895. The van der Waals surface area contributed by atoms with E-state index < -0.39 is 0 Å². The first kappa shape index (κ1) is 15.3. The average molecular weight is 277 g/mol. The molecule has 3 nitrogen and oxygen atoms in total. The van der Waals surface area contributed by atoms with Crippen LogP contribution < -0.4 is 10.1 Å². The second-order valence-corrected chi connectivity index (χ2v) is 6.38. The first-order valence-electron chi connectivity index (χ1n) is 7.48. The van der Waals surface area contributed by atoms with Crippen molar-refractivity contribution in [3.8, 4) is 5.75 Å². The van der Waals surface area contributed by atoms with E-state index in [2.05, 4.69) is 31.3 Å². The Kier molecular flexibility index (Phi) is 5.06. The van der Waals surface area contributed by atoms with E-state index >= 15 is 0 Å². The van der Waals surface area contributed by atoms with Crippen LogP contribution in [0.25, 0.3) is 0 Å². The maximum absolute atomic E-state index is 6.26. The summed E-state index contributed by atoms with van der Waals surface area (Å²) >= 11 is 0. The van der Waals surface area contributed by atoms with Crippen molar-refractivity contribution in [3.63, 3.8) is 0 Å². The number of hydrogen-bond donors (Lipinski definition) is 1. The molecule has 0 aromatic heterocycles. The lowest BCUT2D eigenvalue weighted by Gasteiger charge is -2.43. The molecule has 1 aromatic carbocycles. The number of hydrogen-bond acceptors (Lipinski definition) is 3. The lowest BCUT2D eigenvalue weighted by molar-refractivity contribution is 0.0402. The summed E-state index contributed by atoms with van der Waals surface area (Å²) in [7, 11) is 3.75. The van der Waals surface area contributed by atoms with Gasteiger partial charge in [-0.1, -0.05) is 26.0 Å². The van der Waals surface area contributed by atoms with Gasteiger partial charge in [-0.25, -0.2) is 0 Å². The van der Waals surface area contributed by atoms with Crippen molar-refractivity contribution in [1.29, 1.82) is 0 Å². The first-order chi connectivity index (χ1) is 9.56. The molecule has 1 aliphatic rings. The maximum atomic E-state index is 6.26. The van der Waals surface area contributed by atoms with Crippen molar-refractivity contribution >= 4 is 0 Å². The van der Waals surface area contributed by atoms with Gasteiger partial charge < -0.3 is 14.8 Å². The third-order valence-electron chi connectivity index (χ3n) is 4.33. The minimum absolute atomic E-state index is 0.238. The highest BCUT2D eigenvalue weighted by atomic mass is 16.5. The van der Waals surface area contributed by atoms with E-state index in [1.807, 2.05) is 19.2 Å². The van der Waals surface area contributed by atoms with Crippen LogP contribution in [0.1, 0.15) is 38.7 Å². The van der Waals surface area contributed by atoms with Crippen LogP contribution in [0.15, 0.2) is 24.3 Å². The summed E-state index contributed by atoms with van der Waals surface area (Å²) in [6.45, 7) is 5.28. The Hall–Kier alpha value is -1.06. The monoisotopic (exact) mass is 277 g/mol. The lowest BCUT2D eigenvalue weighted by Crippen LogP contribution is -2.53. The standard InChI is InChI=1S/C17H27NO2/c1-17(2)10-6-9-15(16(17)18-3)20-14-8-5-7-13(11-14)12-19-4/h5,7-8,11,15-16,18H,6,9-10,12H2,1-4H3. The van der Waals surface area contributed by atoms with Gasteiger partial charge in [-0.15, -0.1) is 0 Å². The van der Waals surface area contributed by atoms with Crippen molar-refractivity contribution in [2.45, 2.75) is 51.9 Å². The third kappa shape index (κ3) is 3.53. The van der Waals surface area contributed by atoms with Crippen LogP contribution in [0.4, 0.5) is 0 Å². The van der Waals surface area contributed by atoms with Crippen LogP contribution >= 0.6 is 0 Å². The fourth-order valence-corrected chi connectivity index (χ4v) is 3.34. The highest BCUT2D eigenvalue weighted by Crippen LogP contribution is 2.37. The topological polar surface area (TPSA) is 30.5 Å². The normalized spacial score (nSPS) is 25.4. The molecule has 0 heterocycles. The second kappa shape index (κ2) is 6.59. The predicted molar refractivity (Wildman–Crippen MR) is 82.1 cm³/mol. The van der Waals surface area contributed by atoms with Gasteiger partial charge in [-0.05, 0) is 49.4 Å². The second-order valence-electron chi connectivity index (χ2n) is 6.38. The molecule has 3 heteroatoms. The Morgan fingerprint density at radius 3 is 2.85 bits per heavy atom. The van der Waals surface area contributed by atoms with Crippen LogP contribution in [0.2, 0.25) is 0 Å². The number of likely N-dealkylation sites (N-methyl/N-ethyl adjacent to an activating group) is 1. The van der Waals surface area contributed by atoms with Crippen molar-refractivity contribution in [2.75, 3.05) is 14.2 Å². The van der Waals surface area contributed by atoms with Crippen molar-refractivity contribution in [1.82, 2.24) is 5.32 Å². The van der Waals surface area contributed by atoms with Gasteiger partial charge in [-0.2, -0.15) is 0 Å². The Morgan fingerprint density at radius 1 is 1.35 bits per heavy atom. The molecule has 2 atom stereocenters. The summed E-state index contributed by atoms with van der Waals surface area (Å²) in [6.07, 6.45) is 3.83. The van der Waals surface area contributed by atoms with Gasteiger partial charge >= 0.3 is 0 Å². The predicted octanol–water partition coefficient (Wildman–Crippen LogP) is 3.38. The van der Waals surface area contributed by atoms with Crippen molar-refractivity contribution < 1.29 is 9.47 Å². The summed E-state index contributed by atoms with van der Waals surface area (Å²) in [5.74, 6) is 0.947. The Morgan fingerprint density at radius 2 is 2.15 bits per heavy atom. The van der Waals surface area contributed by atoms with Gasteiger partial charge in [0, 0.05) is 13.2 Å². The minimum atomic E-state index is 0.238. The van der Waals surface area contributed by atoms with Crippen LogP contribution in [-0.4, -0.2) is 26.3 Å². The molecule has 112 valence electrons. The molecule has 20 heavy (non-hydrogen) atoms. The van der Waals surface area contributed by atoms with Crippen LogP contribution in [0.3, 0.4) is 0 Å². The van der Waals surface area contributed by atoms with Crippen LogP contribution in [0, 0.1) is 5.41 Å². The maximum Gasteiger partial charge on any atom is 0.120 e. The summed E-state index contributed by atoms with van der Waals surface area (Å²) in [4.78, 5) is 0. The summed E-state index contributed by atoms with van der Waals surface area (Å²) in [5.41, 5.74) is 1.43. The molecule has 1 N–H and O–H groups in total. The zero-order chi connectivity index (χ0) is 14.6. The van der Waals surface area contributed by atoms with E-state index in [0.717, 1.165) is 17.7 Å². The van der Waals surface area contributed by atoms with Crippen molar-refractivity contribution in [2.24, 2.45) is 5.41 Å². The molecule has 1 saturated carbocycles. The number of rotatable bonds is 5. The van der Waals surface area contributed by atoms with Gasteiger partial charge in [0.2, 0.25) is 0 Å². The molecule has 0 amide bonds. The number of nitrogens with one attached hydrogen (secondary N) is 1. The number of benzene rings is 1. The molecule has 0 bridgehead atoms. The van der Waals surface area contributed by atoms with Gasteiger partial charge in [0.1, 0.15) is 11.9 Å². The molecule has 1 fully saturated rings. The highest BCUT2D eigenvalue weighted by molar-refractivity contribution is 5.28. The Labute approximate surface area is 122 Å². The molecule has 1 aliphatic carbocycles. The van der Waals surface area contributed by atoms with E-state index in [4.69, 9.17) is 9.47 Å². The van der Waals surface area contributed by atoms with E-state index in [1.165, 1.54) is 12.8 Å². The molecular weight excluding hydrogens is 250 g/mol. The SMILES string of the molecule is CNC1C(Oc2cccc(COC)c2)CCCC1(C)C. The largest absolute Gasteiger partial charge is 0.489 e. The Balaban J connectivity index is 2.09. The van der Waals surface area contributed by atoms with Gasteiger partial charge in [0.25, 0.3) is 0 Å². The molecular formula is C17H27NO2. The smallest absolute Gasteiger partial charge is 0.120 e. The Bertz CT molecular complexity index is 431. The summed E-state index contributed by atoms with van der Waals surface area (Å²) in [6, 6.07) is 8.61. The van der Waals surface area contributed by atoms with E-state index in [1.54, 1.807) is 7.11 Å². The fraction of sp³-hybridized carbons (Fsp3) is 0.647. The molecule has 2 rings (SSSR count). The van der Waals surface area contributed by atoms with Gasteiger partial charge in [0.05, 0.1) is 6.61 Å². The average Bonchev–Trinajstić information content (AvgIpc) is 2.39. The van der Waals surface area contributed by atoms with Crippen LogP contribution in [0.5, 0.6) is 5.75 Å². The molecule has 2 unspecified atom stereocenters. The van der Waals surface area contributed by atoms with E-state index in [9.17, 15) is 0 Å². The zero-order valence-electron chi connectivity index (χ0n) is 13.1. The molecule has 0 aliphatic heterocycles. The van der Waals surface area contributed by atoms with Crippen molar-refractivity contribution in [3.05, 3.63) is 29.8 Å². The summed E-state index contributed by atoms with van der Waals surface area (Å²) < 4.78 is 11.4. The van der Waals surface area contributed by atoms with E-state index in [-0.39, 0.29) is 11.5 Å². The third-order valence-corrected chi connectivity index (χ3v) is 4.33. The van der Waals surface area contributed by atoms with Gasteiger partial charge in [0.15, 0.2) is 0 Å². The molecule has 1 aromatic rings. The number of methoxy groups -OCH3 is 1. The first-order valence-corrected chi connectivity index (χ1v) is 7.48. The minimum Gasteiger partial charge on any atom is -0.489 e. The summed E-state index contributed by atoms with van der Waals surface area (Å²) in [5, 5.41) is 3.45.